The first-order valence-electron chi connectivity index (χ1n) is 7.96. The van der Waals surface area contributed by atoms with E-state index in [1.54, 1.807) is 0 Å². The number of para-hydroxylation sites is 2. The number of pyridine rings is 1. The predicted octanol–water partition coefficient (Wildman–Crippen LogP) is 3.10. The molecule has 24 heavy (non-hydrogen) atoms. The van der Waals surface area contributed by atoms with Gasteiger partial charge in [-0.3, -0.25) is 9.88 Å². The van der Waals surface area contributed by atoms with E-state index in [-0.39, 0.29) is 0 Å². The normalized spacial score (nSPS) is 16.8. The van der Waals surface area contributed by atoms with E-state index in [0.717, 1.165) is 47.5 Å². The fourth-order valence-electron chi connectivity index (χ4n) is 2.99. The summed E-state index contributed by atoms with van der Waals surface area (Å²) in [6.45, 7) is 9.73. The third-order valence-corrected chi connectivity index (χ3v) is 4.46. The molecule has 1 N–H and O–H groups in total. The number of benzene rings is 1. The van der Waals surface area contributed by atoms with Gasteiger partial charge in [-0.25, -0.2) is 0 Å². The van der Waals surface area contributed by atoms with Gasteiger partial charge in [-0.2, -0.15) is 0 Å². The highest BCUT2D eigenvalue weighted by Gasteiger charge is 2.28. The fourth-order valence-corrected chi connectivity index (χ4v) is 2.99. The van der Waals surface area contributed by atoms with Crippen LogP contribution in [0, 0.1) is 0 Å². The zero-order chi connectivity index (χ0) is 16.7. The first-order valence-corrected chi connectivity index (χ1v) is 7.96. The van der Waals surface area contributed by atoms with Crippen molar-refractivity contribution in [1.82, 2.24) is 10.3 Å². The molecule has 5 heteroatoms. The number of hydrogen-bond donors (Lipinski definition) is 1. The van der Waals surface area contributed by atoms with Gasteiger partial charge in [-0.15, -0.1) is 0 Å². The molecule has 2 aliphatic rings. The Kier molecular flexibility index (Phi) is 3.50. The van der Waals surface area contributed by atoms with Crippen molar-refractivity contribution in [2.45, 2.75) is 6.04 Å². The summed E-state index contributed by atoms with van der Waals surface area (Å²) < 4.78 is 5.17. The highest BCUT2D eigenvalue weighted by Crippen LogP contribution is 2.44. The van der Waals surface area contributed by atoms with Crippen LogP contribution >= 0.6 is 0 Å². The lowest BCUT2D eigenvalue weighted by atomic mass is 10.2. The second-order valence-corrected chi connectivity index (χ2v) is 6.06. The molecule has 4 rings (SSSR count). The lowest BCUT2D eigenvalue weighted by molar-refractivity contribution is 0.00206. The fraction of sp³-hybridized carbons (Fsp3) is 0.211. The average Bonchev–Trinajstić information content (AvgIpc) is 2.83. The Morgan fingerprint density at radius 2 is 1.96 bits per heavy atom. The van der Waals surface area contributed by atoms with Crippen LogP contribution in [0.4, 0.5) is 17.1 Å². The van der Waals surface area contributed by atoms with Crippen LogP contribution in [-0.2, 0) is 4.74 Å². The maximum absolute atomic E-state index is 5.17. The maximum Gasteiger partial charge on any atom is 0.110 e. The molecule has 0 amide bonds. The van der Waals surface area contributed by atoms with Crippen LogP contribution in [0.5, 0.6) is 0 Å². The Balaban J connectivity index is 1.59. The van der Waals surface area contributed by atoms with E-state index in [4.69, 9.17) is 4.74 Å². The first kappa shape index (κ1) is 14.8. The van der Waals surface area contributed by atoms with E-state index < -0.39 is 0 Å². The second-order valence-electron chi connectivity index (χ2n) is 6.06. The summed E-state index contributed by atoms with van der Waals surface area (Å²) in [5.41, 5.74) is 4.91. The number of nitrogens with one attached hydrogen (secondary N) is 1. The lowest BCUT2D eigenvalue weighted by Gasteiger charge is -2.28. The number of fused-ring (bicyclic) bond motifs is 1. The second kappa shape index (κ2) is 5.69. The van der Waals surface area contributed by atoms with Crippen molar-refractivity contribution >= 4 is 22.8 Å². The van der Waals surface area contributed by atoms with Crippen molar-refractivity contribution in [1.29, 1.82) is 0 Å². The van der Waals surface area contributed by atoms with Gasteiger partial charge in [0.2, 0.25) is 0 Å². The van der Waals surface area contributed by atoms with Crippen LogP contribution < -0.4 is 15.1 Å². The molecule has 5 nitrogen and oxygen atoms in total. The lowest BCUT2D eigenvalue weighted by Crippen LogP contribution is -2.44. The van der Waals surface area contributed by atoms with Gasteiger partial charge >= 0.3 is 0 Å². The number of ether oxygens (including phenoxy) is 1. The molecule has 0 unspecified atom stereocenters. The third kappa shape index (κ3) is 2.34. The Morgan fingerprint density at radius 1 is 1.21 bits per heavy atom. The van der Waals surface area contributed by atoms with Gasteiger partial charge in [0.05, 0.1) is 53.9 Å². The highest BCUT2D eigenvalue weighted by atomic mass is 16.5. The van der Waals surface area contributed by atoms with E-state index >= 15 is 0 Å². The van der Waals surface area contributed by atoms with Crippen LogP contribution in [0.1, 0.15) is 5.69 Å². The zero-order valence-electron chi connectivity index (χ0n) is 13.7. The molecule has 0 atom stereocenters. The monoisotopic (exact) mass is 320 g/mol. The molecule has 0 radical (unpaired) electrons. The quantitative estimate of drug-likeness (QED) is 0.937. The third-order valence-electron chi connectivity index (χ3n) is 4.46. The first-order chi connectivity index (χ1) is 11.6. The van der Waals surface area contributed by atoms with Crippen LogP contribution in [0.15, 0.2) is 61.6 Å². The van der Waals surface area contributed by atoms with E-state index in [1.807, 2.05) is 37.5 Å². The summed E-state index contributed by atoms with van der Waals surface area (Å²) >= 11 is 0. The molecule has 0 saturated carbocycles. The smallest absolute Gasteiger partial charge is 0.110 e. The summed E-state index contributed by atoms with van der Waals surface area (Å²) in [6.07, 6.45) is 1.86. The Labute approximate surface area is 141 Å². The van der Waals surface area contributed by atoms with Crippen LogP contribution in [-0.4, -0.2) is 31.3 Å². The summed E-state index contributed by atoms with van der Waals surface area (Å²) in [5.74, 6) is 0.911. The van der Waals surface area contributed by atoms with Crippen LogP contribution in [0.3, 0.4) is 0 Å². The molecular weight excluding hydrogens is 300 g/mol. The van der Waals surface area contributed by atoms with Crippen LogP contribution in [0.25, 0.3) is 5.70 Å². The molecule has 2 aromatic rings. The van der Waals surface area contributed by atoms with Crippen molar-refractivity contribution in [2.75, 3.05) is 30.1 Å². The van der Waals surface area contributed by atoms with Gasteiger partial charge in [-0.05, 0) is 24.3 Å². The molecule has 1 fully saturated rings. The molecule has 0 bridgehead atoms. The molecule has 0 aliphatic carbocycles. The molecule has 1 saturated heterocycles. The standard InChI is InChI=1S/C19H20N4O/c1-13(21-15-11-24-12-15)17-9-8-16(10-20-17)23-14(2)22(3)18-6-4-5-7-19(18)23/h4-10,15,21H,1-2,11-12H2,3H3. The summed E-state index contributed by atoms with van der Waals surface area (Å²) in [7, 11) is 2.02. The molecular formula is C19H20N4O. The topological polar surface area (TPSA) is 40.6 Å². The van der Waals surface area contributed by atoms with Crippen LogP contribution in [0.2, 0.25) is 0 Å². The molecule has 122 valence electrons. The number of aromatic nitrogens is 1. The van der Waals surface area contributed by atoms with E-state index in [0.29, 0.717) is 6.04 Å². The minimum atomic E-state index is 0.345. The molecule has 0 spiro atoms. The maximum atomic E-state index is 5.17. The predicted molar refractivity (Wildman–Crippen MR) is 97.1 cm³/mol. The van der Waals surface area contributed by atoms with Crippen molar-refractivity contribution in [3.8, 4) is 0 Å². The van der Waals surface area contributed by atoms with Crippen molar-refractivity contribution < 1.29 is 4.74 Å². The largest absolute Gasteiger partial charge is 0.377 e. The summed E-state index contributed by atoms with van der Waals surface area (Å²) in [4.78, 5) is 8.76. The van der Waals surface area contributed by atoms with E-state index in [2.05, 4.69) is 45.4 Å². The van der Waals surface area contributed by atoms with Gasteiger partial charge in [0.25, 0.3) is 0 Å². The molecule has 1 aromatic carbocycles. The van der Waals surface area contributed by atoms with E-state index in [1.165, 1.54) is 0 Å². The number of anilines is 3. The van der Waals surface area contributed by atoms with Gasteiger partial charge in [-0.1, -0.05) is 25.3 Å². The van der Waals surface area contributed by atoms with Gasteiger partial charge in [0, 0.05) is 7.05 Å². The van der Waals surface area contributed by atoms with Gasteiger partial charge in [0.1, 0.15) is 5.82 Å². The zero-order valence-corrected chi connectivity index (χ0v) is 13.7. The highest BCUT2D eigenvalue weighted by molar-refractivity contribution is 5.87. The Morgan fingerprint density at radius 3 is 2.58 bits per heavy atom. The summed E-state index contributed by atoms with van der Waals surface area (Å²) in [5, 5.41) is 3.33. The minimum absolute atomic E-state index is 0.345. The van der Waals surface area contributed by atoms with E-state index in [9.17, 15) is 0 Å². The van der Waals surface area contributed by atoms with Crippen molar-refractivity contribution in [3.05, 3.63) is 67.3 Å². The molecule has 2 aliphatic heterocycles. The number of nitrogens with zero attached hydrogens (tertiary/aromatic N) is 3. The van der Waals surface area contributed by atoms with Gasteiger partial charge < -0.3 is 15.0 Å². The Hall–Kier alpha value is -2.79. The van der Waals surface area contributed by atoms with Crippen molar-refractivity contribution in [3.63, 3.8) is 0 Å². The van der Waals surface area contributed by atoms with Gasteiger partial charge in [0.15, 0.2) is 0 Å². The molecule has 3 heterocycles. The summed E-state index contributed by atoms with van der Waals surface area (Å²) in [6, 6.07) is 12.6. The average molecular weight is 320 g/mol. The minimum Gasteiger partial charge on any atom is -0.377 e. The SMILES string of the molecule is C=C(NC1COC1)c1ccc(N2C(=C)N(C)c3ccccc32)cn1. The number of rotatable bonds is 4. The van der Waals surface area contributed by atoms with Crippen molar-refractivity contribution in [2.24, 2.45) is 0 Å². The Bertz CT molecular complexity index is 795. The number of hydrogen-bond acceptors (Lipinski definition) is 5. The molecule has 1 aromatic heterocycles.